The molecular formula is C14H24N4O. The Morgan fingerprint density at radius 3 is 3.11 bits per heavy atom. The van der Waals surface area contributed by atoms with Crippen molar-refractivity contribution in [3.8, 4) is 0 Å². The summed E-state index contributed by atoms with van der Waals surface area (Å²) >= 11 is 0. The van der Waals surface area contributed by atoms with E-state index in [1.165, 1.54) is 16.2 Å². The second-order valence-corrected chi connectivity index (χ2v) is 5.40. The lowest BCUT2D eigenvalue weighted by Gasteiger charge is -2.27. The number of ether oxygens (including phenoxy) is 1. The van der Waals surface area contributed by atoms with Crippen LogP contribution in [0.4, 0.5) is 0 Å². The number of rotatable bonds is 5. The van der Waals surface area contributed by atoms with Gasteiger partial charge in [-0.15, -0.1) is 0 Å². The van der Waals surface area contributed by atoms with Crippen molar-refractivity contribution in [2.75, 3.05) is 27.3 Å². The second kappa shape index (κ2) is 6.41. The van der Waals surface area contributed by atoms with Gasteiger partial charge in [0.25, 0.3) is 0 Å². The summed E-state index contributed by atoms with van der Waals surface area (Å²) < 4.78 is 5.17. The largest absolute Gasteiger partial charge is 0.464 e. The Hall–Kier alpha value is -1.04. The van der Waals surface area contributed by atoms with Crippen LogP contribution in [-0.2, 0) is 24.2 Å². The Labute approximate surface area is 115 Å². The lowest BCUT2D eigenvalue weighted by atomic mass is 10.1. The number of likely N-dealkylation sites (N-methyl/N-ethyl adjacent to an activating group) is 1. The average molecular weight is 264 g/mol. The standard InChI is InChI=1S/C14H24N4O/c1-11(10-19-4)18(3)9-14-15-7-12-8-17(2)6-5-13(12)16-14/h7,11,17H,2,5-6,8-10H2,1,3-4H3/t11-/m0/s1. The highest BCUT2D eigenvalue weighted by atomic mass is 16.5. The van der Waals surface area contributed by atoms with E-state index in [4.69, 9.17) is 9.72 Å². The summed E-state index contributed by atoms with van der Waals surface area (Å²) in [5.74, 6) is 0.900. The maximum atomic E-state index is 5.17. The molecule has 19 heavy (non-hydrogen) atoms. The first-order valence-corrected chi connectivity index (χ1v) is 6.79. The van der Waals surface area contributed by atoms with E-state index in [2.05, 4.69) is 30.9 Å². The van der Waals surface area contributed by atoms with Gasteiger partial charge < -0.3 is 9.64 Å². The monoisotopic (exact) mass is 264 g/mol. The molecule has 1 aromatic rings. The van der Waals surface area contributed by atoms with E-state index in [0.29, 0.717) is 6.04 Å². The van der Waals surface area contributed by atoms with Crippen LogP contribution >= 0.6 is 0 Å². The number of fused-ring (bicyclic) bond motifs is 1. The van der Waals surface area contributed by atoms with E-state index in [9.17, 15) is 0 Å². The lowest BCUT2D eigenvalue weighted by Crippen LogP contribution is -3.06. The average Bonchev–Trinajstić information content (AvgIpc) is 2.39. The second-order valence-electron chi connectivity index (χ2n) is 5.40. The summed E-state index contributed by atoms with van der Waals surface area (Å²) in [6.07, 6.45) is 2.97. The number of nitrogens with zero attached hydrogens (tertiary/aromatic N) is 3. The van der Waals surface area contributed by atoms with Crippen molar-refractivity contribution in [2.45, 2.75) is 32.5 Å². The Balaban J connectivity index is 2.02. The summed E-state index contributed by atoms with van der Waals surface area (Å²) in [7, 11) is 7.86. The SMILES string of the molecule is [CH2-][NH+]1CCc2nc(CN(C)[C@@H](C)COC)ncc2C1. The Kier molecular flexibility index (Phi) is 4.85. The Morgan fingerprint density at radius 2 is 2.37 bits per heavy atom. The van der Waals surface area contributed by atoms with E-state index < -0.39 is 0 Å². The smallest absolute Gasteiger partial charge is 0.142 e. The molecule has 0 fully saturated rings. The van der Waals surface area contributed by atoms with Crippen LogP contribution in [0.5, 0.6) is 0 Å². The fourth-order valence-corrected chi connectivity index (χ4v) is 2.32. The highest BCUT2D eigenvalue weighted by molar-refractivity contribution is 5.18. The maximum Gasteiger partial charge on any atom is 0.142 e. The molecular weight excluding hydrogens is 240 g/mol. The van der Waals surface area contributed by atoms with Gasteiger partial charge in [0, 0.05) is 31.3 Å². The van der Waals surface area contributed by atoms with E-state index in [-0.39, 0.29) is 0 Å². The molecule has 5 heteroatoms. The molecule has 0 aliphatic carbocycles. The molecule has 0 amide bonds. The first-order chi connectivity index (χ1) is 9.10. The van der Waals surface area contributed by atoms with Gasteiger partial charge in [0.1, 0.15) is 5.82 Å². The van der Waals surface area contributed by atoms with Crippen LogP contribution in [0.1, 0.15) is 24.0 Å². The van der Waals surface area contributed by atoms with Crippen LogP contribution < -0.4 is 4.90 Å². The van der Waals surface area contributed by atoms with Gasteiger partial charge >= 0.3 is 0 Å². The first-order valence-electron chi connectivity index (χ1n) is 6.79. The van der Waals surface area contributed by atoms with Gasteiger partial charge in [-0.25, -0.2) is 9.97 Å². The fraction of sp³-hybridized carbons (Fsp3) is 0.643. The zero-order valence-electron chi connectivity index (χ0n) is 12.1. The van der Waals surface area contributed by atoms with Crippen LogP contribution in [-0.4, -0.2) is 48.2 Å². The molecule has 1 aromatic heterocycles. The number of hydrogen-bond acceptors (Lipinski definition) is 4. The third-order valence-electron chi connectivity index (χ3n) is 3.71. The van der Waals surface area contributed by atoms with Crippen molar-refractivity contribution in [2.24, 2.45) is 0 Å². The number of hydrogen-bond donors (Lipinski definition) is 1. The molecule has 1 aliphatic heterocycles. The van der Waals surface area contributed by atoms with Crippen molar-refractivity contribution in [3.05, 3.63) is 30.3 Å². The van der Waals surface area contributed by atoms with Crippen molar-refractivity contribution in [1.82, 2.24) is 14.9 Å². The van der Waals surface area contributed by atoms with E-state index >= 15 is 0 Å². The van der Waals surface area contributed by atoms with Crippen LogP contribution in [0.25, 0.3) is 0 Å². The molecule has 0 radical (unpaired) electrons. The minimum Gasteiger partial charge on any atom is -0.464 e. The van der Waals surface area contributed by atoms with Gasteiger partial charge in [0.15, 0.2) is 0 Å². The summed E-state index contributed by atoms with van der Waals surface area (Å²) in [5, 5.41) is 0. The minimum absolute atomic E-state index is 0.365. The fourth-order valence-electron chi connectivity index (χ4n) is 2.32. The lowest BCUT2D eigenvalue weighted by molar-refractivity contribution is -0.870. The molecule has 5 nitrogen and oxygen atoms in total. The van der Waals surface area contributed by atoms with Gasteiger partial charge in [-0.2, -0.15) is 7.05 Å². The highest BCUT2D eigenvalue weighted by Gasteiger charge is 2.17. The van der Waals surface area contributed by atoms with Crippen molar-refractivity contribution in [1.29, 1.82) is 0 Å². The number of methoxy groups -OCH3 is 1. The van der Waals surface area contributed by atoms with Gasteiger partial charge in [-0.1, -0.05) is 0 Å². The third-order valence-corrected chi connectivity index (χ3v) is 3.71. The van der Waals surface area contributed by atoms with Gasteiger partial charge in [-0.05, 0) is 14.0 Å². The predicted molar refractivity (Wildman–Crippen MR) is 73.4 cm³/mol. The molecule has 2 atom stereocenters. The van der Waals surface area contributed by atoms with Crippen LogP contribution in [0.2, 0.25) is 0 Å². The molecule has 1 unspecified atom stereocenters. The first kappa shape index (κ1) is 14.4. The molecule has 2 heterocycles. The number of aromatic nitrogens is 2. The Morgan fingerprint density at radius 1 is 1.58 bits per heavy atom. The molecule has 1 N–H and O–H groups in total. The van der Waals surface area contributed by atoms with Crippen molar-refractivity contribution < 1.29 is 9.64 Å². The summed E-state index contributed by atoms with van der Waals surface area (Å²) in [5.41, 5.74) is 2.44. The van der Waals surface area contributed by atoms with Gasteiger partial charge in [0.2, 0.25) is 0 Å². The summed E-state index contributed by atoms with van der Waals surface area (Å²) in [6.45, 7) is 5.62. The molecule has 2 rings (SSSR count). The van der Waals surface area contributed by atoms with Crippen molar-refractivity contribution in [3.63, 3.8) is 0 Å². The predicted octanol–water partition coefficient (Wildman–Crippen LogP) is -0.324. The summed E-state index contributed by atoms with van der Waals surface area (Å²) in [4.78, 5) is 12.7. The Bertz CT molecular complexity index is 424. The van der Waals surface area contributed by atoms with E-state index in [1.807, 2.05) is 6.20 Å². The van der Waals surface area contributed by atoms with Crippen LogP contribution in [0.15, 0.2) is 6.20 Å². The summed E-state index contributed by atoms with van der Waals surface area (Å²) in [6, 6.07) is 0.365. The molecule has 0 bridgehead atoms. The maximum absolute atomic E-state index is 5.17. The van der Waals surface area contributed by atoms with Gasteiger partial charge in [-0.3, -0.25) is 4.90 Å². The molecule has 0 aromatic carbocycles. The van der Waals surface area contributed by atoms with Crippen LogP contribution in [0.3, 0.4) is 0 Å². The van der Waals surface area contributed by atoms with Crippen LogP contribution in [0, 0.1) is 7.05 Å². The quantitative estimate of drug-likeness (QED) is 0.740. The number of nitrogens with one attached hydrogen (secondary N) is 1. The van der Waals surface area contributed by atoms with E-state index in [1.54, 1.807) is 7.11 Å². The molecule has 0 spiro atoms. The van der Waals surface area contributed by atoms with Gasteiger partial charge in [0.05, 0.1) is 31.9 Å². The van der Waals surface area contributed by atoms with Crippen molar-refractivity contribution >= 4 is 0 Å². The highest BCUT2D eigenvalue weighted by Crippen LogP contribution is 2.10. The zero-order valence-corrected chi connectivity index (χ0v) is 12.1. The molecule has 0 saturated carbocycles. The molecule has 106 valence electrons. The van der Waals surface area contributed by atoms with E-state index in [0.717, 1.165) is 38.5 Å². The zero-order chi connectivity index (χ0) is 13.8. The minimum atomic E-state index is 0.365. The third kappa shape index (κ3) is 3.72. The number of quaternary nitrogens is 1. The normalized spacial score (nSPS) is 20.4. The topological polar surface area (TPSA) is 42.7 Å². The molecule has 0 saturated heterocycles. The molecule has 1 aliphatic rings.